The third-order valence-electron chi connectivity index (χ3n) is 3.91. The van der Waals surface area contributed by atoms with Crippen LogP contribution in [-0.4, -0.2) is 37.9 Å². The molecule has 0 unspecified atom stereocenters. The van der Waals surface area contributed by atoms with Gasteiger partial charge in [-0.1, -0.05) is 18.2 Å². The molecule has 0 saturated heterocycles. The molecule has 0 aliphatic heterocycles. The Hall–Kier alpha value is -2.67. The Balaban J connectivity index is 1.63. The SMILES string of the molecule is COc1ccc(OCCS(=O)(=O)Cc2nc(C)c3ccccc3n2)cc1. The van der Waals surface area contributed by atoms with E-state index in [9.17, 15) is 8.42 Å². The highest BCUT2D eigenvalue weighted by Crippen LogP contribution is 2.18. The van der Waals surface area contributed by atoms with Gasteiger partial charge in [-0.2, -0.15) is 0 Å². The predicted molar refractivity (Wildman–Crippen MR) is 100 cm³/mol. The van der Waals surface area contributed by atoms with E-state index >= 15 is 0 Å². The Labute approximate surface area is 152 Å². The molecular formula is C19H20N2O4S. The Morgan fingerprint density at radius 1 is 0.962 bits per heavy atom. The zero-order valence-electron chi connectivity index (χ0n) is 14.7. The van der Waals surface area contributed by atoms with Gasteiger partial charge in [-0.3, -0.25) is 0 Å². The summed E-state index contributed by atoms with van der Waals surface area (Å²) in [5.74, 6) is 1.32. The van der Waals surface area contributed by atoms with Gasteiger partial charge in [0, 0.05) is 11.1 Å². The van der Waals surface area contributed by atoms with E-state index in [1.165, 1.54) is 0 Å². The van der Waals surface area contributed by atoms with Gasteiger partial charge in [0.1, 0.15) is 29.7 Å². The summed E-state index contributed by atoms with van der Waals surface area (Å²) in [6, 6.07) is 14.5. The maximum Gasteiger partial charge on any atom is 0.160 e. The lowest BCUT2D eigenvalue weighted by Gasteiger charge is -2.09. The van der Waals surface area contributed by atoms with E-state index in [0.29, 0.717) is 17.3 Å². The van der Waals surface area contributed by atoms with Crippen molar-refractivity contribution >= 4 is 20.7 Å². The average molecular weight is 372 g/mol. The summed E-state index contributed by atoms with van der Waals surface area (Å²) in [6.07, 6.45) is 0. The monoisotopic (exact) mass is 372 g/mol. The lowest BCUT2D eigenvalue weighted by Crippen LogP contribution is -2.17. The quantitative estimate of drug-likeness (QED) is 0.634. The van der Waals surface area contributed by atoms with Crippen molar-refractivity contribution in [1.29, 1.82) is 0 Å². The molecule has 1 aromatic heterocycles. The van der Waals surface area contributed by atoms with Gasteiger partial charge in [0.15, 0.2) is 9.84 Å². The molecule has 0 atom stereocenters. The molecule has 0 N–H and O–H groups in total. The molecule has 0 saturated carbocycles. The number of benzene rings is 2. The van der Waals surface area contributed by atoms with Gasteiger partial charge < -0.3 is 9.47 Å². The molecule has 2 aromatic carbocycles. The molecule has 0 fully saturated rings. The van der Waals surface area contributed by atoms with Gasteiger partial charge >= 0.3 is 0 Å². The number of methoxy groups -OCH3 is 1. The second kappa shape index (κ2) is 7.70. The van der Waals surface area contributed by atoms with Crippen LogP contribution in [0.25, 0.3) is 10.9 Å². The smallest absolute Gasteiger partial charge is 0.160 e. The van der Waals surface area contributed by atoms with Crippen molar-refractivity contribution in [2.45, 2.75) is 12.7 Å². The Morgan fingerprint density at radius 2 is 1.65 bits per heavy atom. The third-order valence-corrected chi connectivity index (χ3v) is 5.40. The minimum Gasteiger partial charge on any atom is -0.497 e. The summed E-state index contributed by atoms with van der Waals surface area (Å²) in [4.78, 5) is 8.69. The van der Waals surface area contributed by atoms with Crippen LogP contribution in [0.4, 0.5) is 0 Å². The van der Waals surface area contributed by atoms with E-state index in [-0.39, 0.29) is 18.1 Å². The normalized spacial score (nSPS) is 11.5. The standard InChI is InChI=1S/C19H20N2O4S/c1-14-17-5-3-4-6-18(17)21-19(20-14)13-26(22,23)12-11-25-16-9-7-15(24-2)8-10-16/h3-10H,11-13H2,1-2H3. The molecule has 0 aliphatic rings. The van der Waals surface area contributed by atoms with Crippen LogP contribution in [0.15, 0.2) is 48.5 Å². The molecule has 0 radical (unpaired) electrons. The van der Waals surface area contributed by atoms with Crippen molar-refractivity contribution in [2.75, 3.05) is 19.5 Å². The second-order valence-corrected chi connectivity index (χ2v) is 8.04. The highest BCUT2D eigenvalue weighted by molar-refractivity contribution is 7.90. The van der Waals surface area contributed by atoms with Gasteiger partial charge in [0.2, 0.25) is 0 Å². The lowest BCUT2D eigenvalue weighted by atomic mass is 10.2. The number of aryl methyl sites for hydroxylation is 1. The third kappa shape index (κ3) is 4.49. The number of aromatic nitrogens is 2. The summed E-state index contributed by atoms with van der Waals surface area (Å²) in [5.41, 5.74) is 1.52. The van der Waals surface area contributed by atoms with E-state index < -0.39 is 9.84 Å². The fraction of sp³-hybridized carbons (Fsp3) is 0.263. The summed E-state index contributed by atoms with van der Waals surface area (Å²) >= 11 is 0. The molecule has 0 aliphatic carbocycles. The molecule has 3 aromatic rings. The first-order chi connectivity index (χ1) is 12.5. The molecule has 7 heteroatoms. The van der Waals surface area contributed by atoms with Gasteiger partial charge in [0.05, 0.1) is 18.4 Å². The Morgan fingerprint density at radius 3 is 2.38 bits per heavy atom. The molecule has 3 rings (SSSR count). The Bertz CT molecular complexity index is 1000. The first-order valence-corrected chi connectivity index (χ1v) is 9.98. The van der Waals surface area contributed by atoms with Gasteiger partial charge in [-0.15, -0.1) is 0 Å². The highest BCUT2D eigenvalue weighted by Gasteiger charge is 2.16. The molecule has 136 valence electrons. The van der Waals surface area contributed by atoms with Gasteiger partial charge in [-0.25, -0.2) is 18.4 Å². The first-order valence-electron chi connectivity index (χ1n) is 8.16. The van der Waals surface area contributed by atoms with Crippen molar-refractivity contribution in [3.63, 3.8) is 0 Å². The van der Waals surface area contributed by atoms with Crippen LogP contribution >= 0.6 is 0 Å². The molecule has 1 heterocycles. The largest absolute Gasteiger partial charge is 0.497 e. The van der Waals surface area contributed by atoms with Crippen LogP contribution in [-0.2, 0) is 15.6 Å². The van der Waals surface area contributed by atoms with Crippen LogP contribution in [0.5, 0.6) is 11.5 Å². The number of fused-ring (bicyclic) bond motifs is 1. The average Bonchev–Trinajstić information content (AvgIpc) is 2.62. The summed E-state index contributed by atoms with van der Waals surface area (Å²) in [7, 11) is -1.80. The molecule has 26 heavy (non-hydrogen) atoms. The summed E-state index contributed by atoms with van der Waals surface area (Å²) < 4.78 is 35.3. The molecule has 0 spiro atoms. The molecule has 0 bridgehead atoms. The molecule has 0 amide bonds. The van der Waals surface area contributed by atoms with E-state index in [4.69, 9.17) is 9.47 Å². The van der Waals surface area contributed by atoms with Crippen LogP contribution in [0.1, 0.15) is 11.5 Å². The van der Waals surface area contributed by atoms with Gasteiger partial charge in [0.25, 0.3) is 0 Å². The van der Waals surface area contributed by atoms with Crippen LogP contribution in [0, 0.1) is 6.92 Å². The van der Waals surface area contributed by atoms with Crippen molar-refractivity contribution in [2.24, 2.45) is 0 Å². The van der Waals surface area contributed by atoms with E-state index in [0.717, 1.165) is 16.6 Å². The number of hydrogen-bond acceptors (Lipinski definition) is 6. The predicted octanol–water partition coefficient (Wildman–Crippen LogP) is 2.94. The minimum absolute atomic E-state index is 0.0707. The van der Waals surface area contributed by atoms with E-state index in [2.05, 4.69) is 9.97 Å². The van der Waals surface area contributed by atoms with Crippen LogP contribution in [0.2, 0.25) is 0 Å². The van der Waals surface area contributed by atoms with E-state index in [1.807, 2.05) is 31.2 Å². The maximum absolute atomic E-state index is 12.4. The number of para-hydroxylation sites is 1. The van der Waals surface area contributed by atoms with Gasteiger partial charge in [-0.05, 0) is 37.3 Å². The molecule has 6 nitrogen and oxygen atoms in total. The van der Waals surface area contributed by atoms with Crippen LogP contribution < -0.4 is 9.47 Å². The van der Waals surface area contributed by atoms with E-state index in [1.54, 1.807) is 31.4 Å². The fourth-order valence-corrected chi connectivity index (χ4v) is 3.59. The maximum atomic E-state index is 12.4. The summed E-state index contributed by atoms with van der Waals surface area (Å²) in [6.45, 7) is 1.92. The number of nitrogens with zero attached hydrogens (tertiary/aromatic N) is 2. The van der Waals surface area contributed by atoms with Crippen molar-refractivity contribution in [3.8, 4) is 11.5 Å². The number of rotatable bonds is 7. The van der Waals surface area contributed by atoms with Crippen LogP contribution in [0.3, 0.4) is 0 Å². The van der Waals surface area contributed by atoms with Crippen molar-refractivity contribution in [1.82, 2.24) is 9.97 Å². The minimum atomic E-state index is -3.38. The Kier molecular flexibility index (Phi) is 5.37. The second-order valence-electron chi connectivity index (χ2n) is 5.86. The molecular weight excluding hydrogens is 352 g/mol. The van der Waals surface area contributed by atoms with Crippen molar-refractivity contribution in [3.05, 3.63) is 60.0 Å². The number of ether oxygens (including phenoxy) is 2. The number of sulfone groups is 1. The topological polar surface area (TPSA) is 78.4 Å². The highest BCUT2D eigenvalue weighted by atomic mass is 32.2. The zero-order chi connectivity index (χ0) is 18.6. The first kappa shape index (κ1) is 18.1. The van der Waals surface area contributed by atoms with Crippen molar-refractivity contribution < 1.29 is 17.9 Å². The summed E-state index contributed by atoms with van der Waals surface area (Å²) in [5, 5.41) is 0.927. The fourth-order valence-electron chi connectivity index (χ4n) is 2.59. The lowest BCUT2D eigenvalue weighted by molar-refractivity contribution is 0.339. The number of hydrogen-bond donors (Lipinski definition) is 0. The zero-order valence-corrected chi connectivity index (χ0v) is 15.5.